The van der Waals surface area contributed by atoms with E-state index in [1.54, 1.807) is 6.20 Å². The fraction of sp³-hybridized carbons (Fsp3) is 0.429. The van der Waals surface area contributed by atoms with E-state index in [4.69, 9.17) is 0 Å². The Morgan fingerprint density at radius 3 is 2.72 bits per heavy atom. The molecule has 1 aromatic heterocycles. The minimum Gasteiger partial charge on any atom is -0.338 e. The Morgan fingerprint density at radius 2 is 1.92 bits per heavy atom. The van der Waals surface area contributed by atoms with E-state index in [-0.39, 0.29) is 5.41 Å². The van der Waals surface area contributed by atoms with E-state index in [1.165, 1.54) is 16.7 Å². The lowest BCUT2D eigenvalue weighted by molar-refractivity contribution is -0.136. The van der Waals surface area contributed by atoms with Crippen molar-refractivity contribution in [2.45, 2.75) is 32.9 Å². The molecule has 1 aromatic carbocycles. The summed E-state index contributed by atoms with van der Waals surface area (Å²) in [6, 6.07) is 12.6. The number of benzene rings is 1. The van der Waals surface area contributed by atoms with Gasteiger partial charge in [0, 0.05) is 38.6 Å². The maximum atomic E-state index is 13.1. The summed E-state index contributed by atoms with van der Waals surface area (Å²) in [5.41, 5.74) is 3.55. The van der Waals surface area contributed by atoms with E-state index in [0.29, 0.717) is 5.91 Å². The topological polar surface area (TPSA) is 36.4 Å². The monoisotopic (exact) mass is 335 g/mol. The summed E-state index contributed by atoms with van der Waals surface area (Å²) < 4.78 is 0. The van der Waals surface area contributed by atoms with Crippen LogP contribution in [-0.4, -0.2) is 40.3 Å². The summed E-state index contributed by atoms with van der Waals surface area (Å²) in [4.78, 5) is 21.8. The van der Waals surface area contributed by atoms with Crippen molar-refractivity contribution in [3.05, 3.63) is 65.5 Å². The quantitative estimate of drug-likeness (QED) is 0.862. The highest BCUT2D eigenvalue weighted by atomic mass is 16.2. The molecular formula is C21H25N3O. The third-order valence-electron chi connectivity index (χ3n) is 5.62. The average molecular weight is 335 g/mol. The molecule has 3 heterocycles. The predicted octanol–water partition coefficient (Wildman–Crippen LogP) is 3.01. The van der Waals surface area contributed by atoms with Gasteiger partial charge in [0.2, 0.25) is 5.91 Å². The number of hydrogen-bond donors (Lipinski definition) is 0. The molecule has 4 rings (SSSR count). The second-order valence-corrected chi connectivity index (χ2v) is 7.57. The first-order valence-corrected chi connectivity index (χ1v) is 9.11. The summed E-state index contributed by atoms with van der Waals surface area (Å²) in [5.74, 6) is 0.350. The lowest BCUT2D eigenvalue weighted by atomic mass is 9.85. The Hall–Kier alpha value is -2.20. The van der Waals surface area contributed by atoms with Crippen molar-refractivity contribution in [3.63, 3.8) is 0 Å². The number of aromatic nitrogens is 1. The number of amides is 1. The zero-order valence-corrected chi connectivity index (χ0v) is 14.8. The van der Waals surface area contributed by atoms with Crippen molar-refractivity contribution in [2.24, 2.45) is 5.41 Å². The molecule has 1 amide bonds. The lowest BCUT2D eigenvalue weighted by Gasteiger charge is -2.24. The third-order valence-corrected chi connectivity index (χ3v) is 5.62. The van der Waals surface area contributed by atoms with Gasteiger partial charge < -0.3 is 4.90 Å². The number of rotatable bonds is 4. The molecule has 0 bridgehead atoms. The van der Waals surface area contributed by atoms with Gasteiger partial charge >= 0.3 is 0 Å². The SMILES string of the molecule is Cc1cccc(CN2CCC3(CCN(Cc4cccnc4)C3)C2=O)c1. The van der Waals surface area contributed by atoms with E-state index >= 15 is 0 Å². The lowest BCUT2D eigenvalue weighted by Crippen LogP contribution is -2.36. The number of nitrogens with zero attached hydrogens (tertiary/aromatic N) is 3. The van der Waals surface area contributed by atoms with E-state index in [2.05, 4.69) is 52.0 Å². The molecular weight excluding hydrogens is 310 g/mol. The van der Waals surface area contributed by atoms with E-state index in [9.17, 15) is 4.79 Å². The molecule has 1 spiro atoms. The first-order valence-electron chi connectivity index (χ1n) is 9.11. The van der Waals surface area contributed by atoms with Crippen LogP contribution < -0.4 is 0 Å². The molecule has 2 aliphatic heterocycles. The average Bonchev–Trinajstić information content (AvgIpc) is 3.15. The molecule has 0 aliphatic carbocycles. The number of pyridine rings is 1. The van der Waals surface area contributed by atoms with Gasteiger partial charge in [-0.25, -0.2) is 0 Å². The zero-order chi connectivity index (χ0) is 17.3. The summed E-state index contributed by atoms with van der Waals surface area (Å²) in [5, 5.41) is 0. The Balaban J connectivity index is 1.41. The van der Waals surface area contributed by atoms with Crippen molar-refractivity contribution in [3.8, 4) is 0 Å². The van der Waals surface area contributed by atoms with Crippen LogP contribution in [0.15, 0.2) is 48.8 Å². The third kappa shape index (κ3) is 3.31. The standard InChI is InChI=1S/C21H25N3O/c1-17-4-2-5-18(12-17)15-24-11-8-21(20(24)25)7-10-23(16-21)14-19-6-3-9-22-13-19/h2-6,9,12-13H,7-8,10-11,14-16H2,1H3. The van der Waals surface area contributed by atoms with Crippen molar-refractivity contribution < 1.29 is 4.79 Å². The molecule has 0 radical (unpaired) electrons. The number of likely N-dealkylation sites (tertiary alicyclic amines) is 2. The molecule has 130 valence electrons. The largest absolute Gasteiger partial charge is 0.338 e. The highest BCUT2D eigenvalue weighted by Crippen LogP contribution is 2.41. The van der Waals surface area contributed by atoms with Crippen molar-refractivity contribution in [1.29, 1.82) is 0 Å². The van der Waals surface area contributed by atoms with Crippen LogP contribution in [0, 0.1) is 12.3 Å². The number of carbonyl (C=O) groups excluding carboxylic acids is 1. The smallest absolute Gasteiger partial charge is 0.230 e. The maximum absolute atomic E-state index is 13.1. The highest BCUT2D eigenvalue weighted by Gasteiger charge is 2.50. The van der Waals surface area contributed by atoms with E-state index in [1.807, 2.05) is 12.3 Å². The van der Waals surface area contributed by atoms with Crippen molar-refractivity contribution in [2.75, 3.05) is 19.6 Å². The number of carbonyl (C=O) groups is 1. The molecule has 4 nitrogen and oxygen atoms in total. The zero-order valence-electron chi connectivity index (χ0n) is 14.8. The second kappa shape index (κ2) is 6.60. The van der Waals surface area contributed by atoms with Crippen LogP contribution in [0.3, 0.4) is 0 Å². The van der Waals surface area contributed by atoms with Gasteiger partial charge in [-0.05, 0) is 43.5 Å². The van der Waals surface area contributed by atoms with Gasteiger partial charge in [-0.15, -0.1) is 0 Å². The highest BCUT2D eigenvalue weighted by molar-refractivity contribution is 5.85. The minimum absolute atomic E-state index is 0.161. The van der Waals surface area contributed by atoms with Crippen LogP contribution in [0.25, 0.3) is 0 Å². The first-order chi connectivity index (χ1) is 12.1. The second-order valence-electron chi connectivity index (χ2n) is 7.57. The molecule has 0 saturated carbocycles. The Bertz CT molecular complexity index is 761. The van der Waals surface area contributed by atoms with Gasteiger partial charge in [0.15, 0.2) is 0 Å². The predicted molar refractivity (Wildman–Crippen MR) is 97.8 cm³/mol. The Labute approximate surface area is 149 Å². The number of hydrogen-bond acceptors (Lipinski definition) is 3. The van der Waals surface area contributed by atoms with E-state index < -0.39 is 0 Å². The molecule has 1 atom stereocenters. The Kier molecular flexibility index (Phi) is 4.30. The summed E-state index contributed by atoms with van der Waals surface area (Å²) in [6.07, 6.45) is 5.70. The van der Waals surface area contributed by atoms with Gasteiger partial charge in [0.05, 0.1) is 5.41 Å². The van der Waals surface area contributed by atoms with Crippen molar-refractivity contribution >= 4 is 5.91 Å². The van der Waals surface area contributed by atoms with Crippen LogP contribution in [-0.2, 0) is 17.9 Å². The van der Waals surface area contributed by atoms with Gasteiger partial charge in [-0.1, -0.05) is 35.9 Å². The van der Waals surface area contributed by atoms with Gasteiger partial charge in [-0.2, -0.15) is 0 Å². The van der Waals surface area contributed by atoms with Gasteiger partial charge in [-0.3, -0.25) is 14.7 Å². The van der Waals surface area contributed by atoms with Crippen LogP contribution >= 0.6 is 0 Å². The van der Waals surface area contributed by atoms with Crippen LogP contribution in [0.5, 0.6) is 0 Å². The normalized spacial score (nSPS) is 23.7. The molecule has 2 fully saturated rings. The van der Waals surface area contributed by atoms with Crippen LogP contribution in [0.2, 0.25) is 0 Å². The maximum Gasteiger partial charge on any atom is 0.230 e. The number of aryl methyl sites for hydroxylation is 1. The fourth-order valence-corrected chi connectivity index (χ4v) is 4.30. The summed E-state index contributed by atoms with van der Waals surface area (Å²) in [7, 11) is 0. The van der Waals surface area contributed by atoms with Gasteiger partial charge in [0.25, 0.3) is 0 Å². The molecule has 2 saturated heterocycles. The molecule has 2 aliphatic rings. The van der Waals surface area contributed by atoms with Crippen LogP contribution in [0.4, 0.5) is 0 Å². The molecule has 0 N–H and O–H groups in total. The first kappa shape index (κ1) is 16.3. The molecule has 4 heteroatoms. The summed E-state index contributed by atoms with van der Waals surface area (Å²) >= 11 is 0. The summed E-state index contributed by atoms with van der Waals surface area (Å²) in [6.45, 7) is 6.49. The van der Waals surface area contributed by atoms with Crippen molar-refractivity contribution in [1.82, 2.24) is 14.8 Å². The molecule has 25 heavy (non-hydrogen) atoms. The molecule has 1 unspecified atom stereocenters. The fourth-order valence-electron chi connectivity index (χ4n) is 4.30. The van der Waals surface area contributed by atoms with Gasteiger partial charge in [0.1, 0.15) is 0 Å². The van der Waals surface area contributed by atoms with E-state index in [0.717, 1.165) is 45.6 Å². The molecule has 2 aromatic rings. The van der Waals surface area contributed by atoms with Crippen LogP contribution in [0.1, 0.15) is 29.5 Å². The minimum atomic E-state index is -0.161. The Morgan fingerprint density at radius 1 is 1.08 bits per heavy atom.